The fourth-order valence-corrected chi connectivity index (χ4v) is 5.01. The number of carbonyl (C=O) groups is 4. The zero-order chi connectivity index (χ0) is 30.2. The van der Waals surface area contributed by atoms with Gasteiger partial charge in [0.1, 0.15) is 20.2 Å². The van der Waals surface area contributed by atoms with Crippen LogP contribution in [-0.4, -0.2) is 70.2 Å². The Hall–Kier alpha value is -4.41. The molecule has 0 saturated carbocycles. The van der Waals surface area contributed by atoms with E-state index in [-0.39, 0.29) is 60.3 Å². The van der Waals surface area contributed by atoms with Gasteiger partial charge in [-0.15, -0.1) is 0 Å². The summed E-state index contributed by atoms with van der Waals surface area (Å²) < 4.78 is 67.2. The Morgan fingerprint density at radius 1 is 0.488 bits per heavy atom. The van der Waals surface area contributed by atoms with Crippen LogP contribution in [0.1, 0.15) is 41.4 Å². The zero-order valence-electron chi connectivity index (χ0n) is 19.8. The van der Waals surface area contributed by atoms with Crippen molar-refractivity contribution < 1.29 is 82.0 Å². The van der Waals surface area contributed by atoms with E-state index in [1.165, 1.54) is 24.3 Å². The molecular weight excluding hydrogens is 635 g/mol. The molecule has 0 unspecified atom stereocenters. The van der Waals surface area contributed by atoms with Crippen LogP contribution >= 0.6 is 0 Å². The predicted octanol–water partition coefficient (Wildman–Crippen LogP) is 2.28. The van der Waals surface area contributed by atoms with Crippen LogP contribution in [0.25, 0.3) is 21.5 Å². The van der Waals surface area contributed by atoms with E-state index in [4.69, 9.17) is 20.4 Å². The Balaban J connectivity index is 0.000000280. The molecule has 0 saturated heterocycles. The van der Waals surface area contributed by atoms with Crippen LogP contribution in [0.3, 0.4) is 0 Å². The third kappa shape index (κ3) is 7.42. The van der Waals surface area contributed by atoms with E-state index < -0.39 is 53.9 Å². The third-order valence-electron chi connectivity index (χ3n) is 5.36. The van der Waals surface area contributed by atoms with Crippen molar-refractivity contribution in [2.75, 3.05) is 0 Å². The van der Waals surface area contributed by atoms with Crippen molar-refractivity contribution in [2.24, 2.45) is 0 Å². The average molecular weight is 649 g/mol. The van der Waals surface area contributed by atoms with E-state index in [9.17, 15) is 45.1 Å². The molecule has 0 fully saturated rings. The predicted molar refractivity (Wildman–Crippen MR) is 132 cm³/mol. The van der Waals surface area contributed by atoms with Crippen LogP contribution in [0.5, 0.6) is 0 Å². The molecule has 0 aromatic heterocycles. The molecule has 4 N–H and O–H groups in total. The van der Waals surface area contributed by atoms with Crippen molar-refractivity contribution in [2.45, 2.75) is 9.79 Å². The van der Waals surface area contributed by atoms with E-state index in [0.717, 1.165) is 36.4 Å². The second-order valence-corrected chi connectivity index (χ2v) is 10.6. The number of hydrogen-bond donors (Lipinski definition) is 4. The van der Waals surface area contributed by atoms with Gasteiger partial charge in [0.15, 0.2) is 0 Å². The number of carboxylic acids is 4. The maximum atomic E-state index is 11.2. The molecule has 0 aliphatic carbocycles. The smallest absolute Gasteiger partial charge is 0.744 e. The first-order valence-electron chi connectivity index (χ1n) is 10.4. The normalized spacial score (nSPS) is 11.2. The summed E-state index contributed by atoms with van der Waals surface area (Å²) >= 11 is 0. The third-order valence-corrected chi connectivity index (χ3v) is 7.11. The van der Waals surface area contributed by atoms with Gasteiger partial charge in [0, 0.05) is 10.8 Å². The zero-order valence-corrected chi connectivity index (χ0v) is 22.4. The molecule has 0 radical (unpaired) electrons. The Labute approximate surface area is 239 Å². The molecule has 4 aromatic rings. The number of aromatic carboxylic acids is 4. The van der Waals surface area contributed by atoms with Gasteiger partial charge >= 0.3 is 40.4 Å². The van der Waals surface area contributed by atoms with E-state index in [2.05, 4.69) is 0 Å². The summed E-state index contributed by atoms with van der Waals surface area (Å²) in [6, 6.07) is 10.7. The Morgan fingerprint density at radius 3 is 1.02 bits per heavy atom. The molecule has 0 heterocycles. The molecule has 17 heteroatoms. The summed E-state index contributed by atoms with van der Waals surface area (Å²) in [5, 5.41) is 35.6. The minimum atomic E-state index is -4.93. The number of benzene rings is 4. The summed E-state index contributed by atoms with van der Waals surface area (Å²) in [5.41, 5.74) is -1.14. The van der Waals surface area contributed by atoms with Crippen LogP contribution in [0.2, 0.25) is 0 Å². The topological polar surface area (TPSA) is 264 Å². The van der Waals surface area contributed by atoms with Gasteiger partial charge in [0.25, 0.3) is 0 Å². The van der Waals surface area contributed by atoms with Crippen LogP contribution in [0.4, 0.5) is 0 Å². The van der Waals surface area contributed by atoms with Crippen molar-refractivity contribution in [1.29, 1.82) is 0 Å². The van der Waals surface area contributed by atoms with Crippen LogP contribution in [0.15, 0.2) is 70.5 Å². The van der Waals surface area contributed by atoms with Gasteiger partial charge in [-0.3, -0.25) is 0 Å². The quantitative estimate of drug-likeness (QED) is 0.173. The Morgan fingerprint density at radius 2 is 0.780 bits per heavy atom. The SMILES string of the molecule is O=C(O)c1cc(S(=O)(=O)[O-])c2cc(C(=O)O)ccc2c1.O=C(O)c1cc(S(=O)(=O)[O-])c2cc(C(=O)O)ccc2c1.[Ni+2]. The summed E-state index contributed by atoms with van der Waals surface area (Å²) in [5.74, 6) is -5.36. The van der Waals surface area contributed by atoms with E-state index in [1.54, 1.807) is 0 Å². The first kappa shape index (κ1) is 32.8. The fraction of sp³-hybridized carbons (Fsp3) is 0. The fourth-order valence-electron chi connectivity index (χ4n) is 3.57. The molecular formula is C24H14NiO14S2. The number of fused-ring (bicyclic) bond motifs is 2. The van der Waals surface area contributed by atoms with Gasteiger partial charge < -0.3 is 29.5 Å². The summed E-state index contributed by atoms with van der Waals surface area (Å²) in [6.07, 6.45) is 0. The van der Waals surface area contributed by atoms with Gasteiger partial charge in [-0.1, -0.05) is 12.1 Å². The monoisotopic (exact) mass is 648 g/mol. The van der Waals surface area contributed by atoms with Crippen molar-refractivity contribution in [1.82, 2.24) is 0 Å². The van der Waals surface area contributed by atoms with Gasteiger partial charge in [-0.25, -0.2) is 36.0 Å². The van der Waals surface area contributed by atoms with Gasteiger partial charge in [0.05, 0.1) is 32.0 Å². The van der Waals surface area contributed by atoms with E-state index in [1.807, 2.05) is 0 Å². The van der Waals surface area contributed by atoms with Crippen molar-refractivity contribution in [3.8, 4) is 0 Å². The van der Waals surface area contributed by atoms with Crippen molar-refractivity contribution in [3.63, 3.8) is 0 Å². The minimum absolute atomic E-state index is 0. The molecule has 4 aromatic carbocycles. The second kappa shape index (κ2) is 12.0. The summed E-state index contributed by atoms with van der Waals surface area (Å²) in [6.45, 7) is 0. The molecule has 0 amide bonds. The number of hydrogen-bond acceptors (Lipinski definition) is 10. The number of carboxylic acid groups (broad SMARTS) is 4. The molecule has 14 nitrogen and oxygen atoms in total. The molecule has 0 spiro atoms. The van der Waals surface area contributed by atoms with Crippen molar-refractivity contribution >= 4 is 65.7 Å². The standard InChI is InChI=1S/2C12H8O7S.Ni/c2*13-11(14)7-2-1-6-3-8(12(15)16)5-10(9(6)4-7)20(17,18)19;/h2*1-5H,(H,13,14)(H,15,16)(H,17,18,19);/q;;+2/p-2. The molecule has 0 aliphatic heterocycles. The number of rotatable bonds is 6. The molecule has 0 aliphatic rings. The second-order valence-electron chi connectivity index (χ2n) is 7.95. The largest absolute Gasteiger partial charge is 2.00 e. The maximum absolute atomic E-state index is 11.2. The first-order valence-corrected chi connectivity index (χ1v) is 13.2. The van der Waals surface area contributed by atoms with E-state index >= 15 is 0 Å². The molecule has 0 bridgehead atoms. The average Bonchev–Trinajstić information content (AvgIpc) is 2.85. The summed E-state index contributed by atoms with van der Waals surface area (Å²) in [7, 11) is -9.87. The van der Waals surface area contributed by atoms with Crippen LogP contribution in [-0.2, 0) is 36.7 Å². The maximum Gasteiger partial charge on any atom is 2.00 e. The van der Waals surface area contributed by atoms with Gasteiger partial charge in [-0.2, -0.15) is 0 Å². The van der Waals surface area contributed by atoms with Gasteiger partial charge in [-0.05, 0) is 59.3 Å². The Bertz CT molecular complexity index is 1820. The minimum Gasteiger partial charge on any atom is -0.744 e. The van der Waals surface area contributed by atoms with E-state index in [0.29, 0.717) is 0 Å². The van der Waals surface area contributed by atoms with Gasteiger partial charge in [0.2, 0.25) is 0 Å². The molecule has 0 atom stereocenters. The molecule has 4 rings (SSSR count). The Kier molecular flexibility index (Phi) is 9.60. The summed E-state index contributed by atoms with van der Waals surface area (Å²) in [4.78, 5) is 42.0. The first-order chi connectivity index (χ1) is 18.4. The van der Waals surface area contributed by atoms with Crippen LogP contribution < -0.4 is 0 Å². The van der Waals surface area contributed by atoms with Crippen molar-refractivity contribution in [3.05, 3.63) is 82.9 Å². The molecule has 41 heavy (non-hydrogen) atoms. The molecule has 216 valence electrons. The van der Waals surface area contributed by atoms with Crippen LogP contribution in [0, 0.1) is 0 Å².